The van der Waals surface area contributed by atoms with E-state index >= 15 is 0 Å². The molecule has 1 aliphatic heterocycles. The summed E-state index contributed by atoms with van der Waals surface area (Å²) in [6.45, 7) is 2.84. The number of nitrogens with zero attached hydrogens (tertiary/aromatic N) is 2. The standard InChI is InChI=1S/C15H16FN3OS/c1-3-17-15-10-7-21-8-12(10)18-14(19-15)9-4-5-11(16)13(6-9)20-2/h4-6H,3,7-8H2,1-2H3,(H,17,18,19). The van der Waals surface area contributed by atoms with Crippen LogP contribution in [0.1, 0.15) is 18.2 Å². The van der Waals surface area contributed by atoms with Crippen molar-refractivity contribution in [1.29, 1.82) is 0 Å². The fourth-order valence-corrected chi connectivity index (χ4v) is 3.33. The van der Waals surface area contributed by atoms with Crippen LogP contribution in [0.3, 0.4) is 0 Å². The van der Waals surface area contributed by atoms with E-state index in [1.807, 2.05) is 18.7 Å². The zero-order valence-corrected chi connectivity index (χ0v) is 12.8. The average Bonchev–Trinajstić information content (AvgIpc) is 2.96. The number of methoxy groups -OCH3 is 1. The Morgan fingerprint density at radius 3 is 2.95 bits per heavy atom. The van der Waals surface area contributed by atoms with Crippen molar-refractivity contribution in [2.75, 3.05) is 19.0 Å². The molecular weight excluding hydrogens is 289 g/mol. The highest BCUT2D eigenvalue weighted by Crippen LogP contribution is 2.35. The van der Waals surface area contributed by atoms with Crippen LogP contribution >= 0.6 is 11.8 Å². The van der Waals surface area contributed by atoms with E-state index < -0.39 is 0 Å². The summed E-state index contributed by atoms with van der Waals surface area (Å²) < 4.78 is 18.6. The van der Waals surface area contributed by atoms with Gasteiger partial charge in [0.25, 0.3) is 0 Å². The van der Waals surface area contributed by atoms with Gasteiger partial charge < -0.3 is 10.1 Å². The van der Waals surface area contributed by atoms with Crippen LogP contribution in [0.5, 0.6) is 5.75 Å². The van der Waals surface area contributed by atoms with Gasteiger partial charge in [-0.05, 0) is 25.1 Å². The molecule has 0 bridgehead atoms. The number of halogens is 1. The van der Waals surface area contributed by atoms with Crippen molar-refractivity contribution in [3.8, 4) is 17.1 Å². The van der Waals surface area contributed by atoms with Gasteiger partial charge in [-0.3, -0.25) is 0 Å². The van der Waals surface area contributed by atoms with Crippen LogP contribution in [0.2, 0.25) is 0 Å². The van der Waals surface area contributed by atoms with Crippen molar-refractivity contribution in [3.63, 3.8) is 0 Å². The molecule has 6 heteroatoms. The molecule has 4 nitrogen and oxygen atoms in total. The van der Waals surface area contributed by atoms with Gasteiger partial charge in [0.15, 0.2) is 17.4 Å². The highest BCUT2D eigenvalue weighted by atomic mass is 32.2. The molecular formula is C15H16FN3OS. The molecule has 0 saturated heterocycles. The van der Waals surface area contributed by atoms with Gasteiger partial charge in [-0.2, -0.15) is 11.8 Å². The zero-order chi connectivity index (χ0) is 14.8. The van der Waals surface area contributed by atoms with Crippen LogP contribution < -0.4 is 10.1 Å². The molecule has 1 aromatic carbocycles. The number of anilines is 1. The highest BCUT2D eigenvalue weighted by Gasteiger charge is 2.20. The lowest BCUT2D eigenvalue weighted by Gasteiger charge is -2.11. The Hall–Kier alpha value is -1.82. The number of thioether (sulfide) groups is 1. The third-order valence-corrected chi connectivity index (χ3v) is 4.30. The number of fused-ring (bicyclic) bond motifs is 1. The Kier molecular flexibility index (Phi) is 3.96. The average molecular weight is 305 g/mol. The van der Waals surface area contributed by atoms with E-state index in [4.69, 9.17) is 4.74 Å². The first-order valence-electron chi connectivity index (χ1n) is 6.78. The fourth-order valence-electron chi connectivity index (χ4n) is 2.29. The van der Waals surface area contributed by atoms with Crippen LogP contribution in [-0.2, 0) is 11.5 Å². The van der Waals surface area contributed by atoms with Crippen LogP contribution in [0.4, 0.5) is 10.2 Å². The van der Waals surface area contributed by atoms with Crippen LogP contribution in [0.15, 0.2) is 18.2 Å². The second kappa shape index (κ2) is 5.89. The summed E-state index contributed by atoms with van der Waals surface area (Å²) in [5.74, 6) is 3.13. The second-order valence-electron chi connectivity index (χ2n) is 4.69. The van der Waals surface area contributed by atoms with E-state index in [-0.39, 0.29) is 11.6 Å². The van der Waals surface area contributed by atoms with Crippen molar-refractivity contribution < 1.29 is 9.13 Å². The summed E-state index contributed by atoms with van der Waals surface area (Å²) in [5.41, 5.74) is 3.00. The molecule has 1 aromatic heterocycles. The summed E-state index contributed by atoms with van der Waals surface area (Å²) in [4.78, 5) is 9.22. The predicted octanol–water partition coefficient (Wildman–Crippen LogP) is 3.47. The van der Waals surface area contributed by atoms with E-state index in [1.165, 1.54) is 18.7 Å². The van der Waals surface area contributed by atoms with Crippen molar-refractivity contribution in [2.24, 2.45) is 0 Å². The van der Waals surface area contributed by atoms with Crippen molar-refractivity contribution in [3.05, 3.63) is 35.3 Å². The minimum atomic E-state index is -0.384. The van der Waals surface area contributed by atoms with E-state index in [0.717, 1.165) is 35.1 Å². The number of ether oxygens (including phenoxy) is 1. The van der Waals surface area contributed by atoms with Gasteiger partial charge in [-0.1, -0.05) is 0 Å². The maximum atomic E-state index is 13.5. The smallest absolute Gasteiger partial charge is 0.165 e. The topological polar surface area (TPSA) is 47.0 Å². The van der Waals surface area contributed by atoms with Crippen molar-refractivity contribution >= 4 is 17.6 Å². The highest BCUT2D eigenvalue weighted by molar-refractivity contribution is 7.98. The first kappa shape index (κ1) is 14.1. The molecule has 0 radical (unpaired) electrons. The van der Waals surface area contributed by atoms with Gasteiger partial charge in [-0.25, -0.2) is 14.4 Å². The largest absolute Gasteiger partial charge is 0.494 e. The van der Waals surface area contributed by atoms with Gasteiger partial charge in [0.2, 0.25) is 0 Å². The maximum Gasteiger partial charge on any atom is 0.165 e. The SMILES string of the molecule is CCNc1nc(-c2ccc(F)c(OC)c2)nc2c1CSC2. The normalized spacial score (nSPS) is 13.1. The molecule has 0 fully saturated rings. The summed E-state index contributed by atoms with van der Waals surface area (Å²) in [7, 11) is 1.45. The van der Waals surface area contributed by atoms with Gasteiger partial charge in [-0.15, -0.1) is 0 Å². The van der Waals surface area contributed by atoms with E-state index in [9.17, 15) is 4.39 Å². The summed E-state index contributed by atoms with van der Waals surface area (Å²) in [6, 6.07) is 4.69. The van der Waals surface area contributed by atoms with Gasteiger partial charge >= 0.3 is 0 Å². The Bertz CT molecular complexity index is 678. The Balaban J connectivity index is 2.08. The summed E-state index contributed by atoms with van der Waals surface area (Å²) in [5, 5.41) is 3.29. The molecule has 0 amide bonds. The van der Waals surface area contributed by atoms with E-state index in [1.54, 1.807) is 12.1 Å². The Labute approximate surface area is 127 Å². The Morgan fingerprint density at radius 2 is 2.19 bits per heavy atom. The molecule has 0 aliphatic carbocycles. The van der Waals surface area contributed by atoms with E-state index in [0.29, 0.717) is 5.82 Å². The number of benzene rings is 1. The number of hydrogen-bond donors (Lipinski definition) is 1. The number of nitrogens with one attached hydrogen (secondary N) is 1. The summed E-state index contributed by atoms with van der Waals surface area (Å²) >= 11 is 1.83. The Morgan fingerprint density at radius 1 is 1.33 bits per heavy atom. The molecule has 1 N–H and O–H groups in total. The van der Waals surface area contributed by atoms with Gasteiger partial charge in [0.05, 0.1) is 12.8 Å². The minimum Gasteiger partial charge on any atom is -0.494 e. The lowest BCUT2D eigenvalue weighted by Crippen LogP contribution is -2.06. The number of hydrogen-bond acceptors (Lipinski definition) is 5. The third kappa shape index (κ3) is 2.68. The van der Waals surface area contributed by atoms with Gasteiger partial charge in [0.1, 0.15) is 5.82 Å². The fraction of sp³-hybridized carbons (Fsp3) is 0.333. The lowest BCUT2D eigenvalue weighted by atomic mass is 10.1. The maximum absolute atomic E-state index is 13.5. The second-order valence-corrected chi connectivity index (χ2v) is 5.68. The quantitative estimate of drug-likeness (QED) is 0.937. The monoisotopic (exact) mass is 305 g/mol. The van der Waals surface area contributed by atoms with Crippen molar-refractivity contribution in [2.45, 2.75) is 18.4 Å². The number of rotatable bonds is 4. The van der Waals surface area contributed by atoms with Gasteiger partial charge in [0, 0.05) is 29.2 Å². The predicted molar refractivity (Wildman–Crippen MR) is 83.1 cm³/mol. The van der Waals surface area contributed by atoms with Crippen LogP contribution in [0, 0.1) is 5.82 Å². The third-order valence-electron chi connectivity index (χ3n) is 3.33. The molecule has 2 heterocycles. The lowest BCUT2D eigenvalue weighted by molar-refractivity contribution is 0.387. The summed E-state index contributed by atoms with van der Waals surface area (Å²) in [6.07, 6.45) is 0. The number of aromatic nitrogens is 2. The first-order chi connectivity index (χ1) is 10.2. The van der Waals surface area contributed by atoms with E-state index in [2.05, 4.69) is 15.3 Å². The van der Waals surface area contributed by atoms with Crippen LogP contribution in [0.25, 0.3) is 11.4 Å². The first-order valence-corrected chi connectivity index (χ1v) is 7.93. The molecule has 0 saturated carbocycles. The molecule has 0 spiro atoms. The molecule has 2 aromatic rings. The minimum absolute atomic E-state index is 0.205. The molecule has 0 atom stereocenters. The molecule has 110 valence electrons. The molecule has 21 heavy (non-hydrogen) atoms. The molecule has 1 aliphatic rings. The molecule has 0 unspecified atom stereocenters. The van der Waals surface area contributed by atoms with Crippen LogP contribution in [-0.4, -0.2) is 23.6 Å². The van der Waals surface area contributed by atoms with Crippen molar-refractivity contribution in [1.82, 2.24) is 9.97 Å². The molecule has 3 rings (SSSR count). The zero-order valence-electron chi connectivity index (χ0n) is 11.9.